The van der Waals surface area contributed by atoms with E-state index in [2.05, 4.69) is 45.9 Å². The van der Waals surface area contributed by atoms with Crippen LogP contribution in [-0.4, -0.2) is 12.2 Å². The highest BCUT2D eigenvalue weighted by atomic mass is 16.6. The Morgan fingerprint density at radius 1 is 1.18 bits per heavy atom. The summed E-state index contributed by atoms with van der Waals surface area (Å²) < 4.78 is 5.68. The maximum atomic E-state index is 5.68. The molecule has 0 spiro atoms. The molecule has 0 bridgehead atoms. The summed E-state index contributed by atoms with van der Waals surface area (Å²) in [4.78, 5) is 0. The summed E-state index contributed by atoms with van der Waals surface area (Å²) in [6, 6.07) is 6.83. The van der Waals surface area contributed by atoms with Crippen LogP contribution in [-0.2, 0) is 4.74 Å². The van der Waals surface area contributed by atoms with Crippen LogP contribution in [0, 0.1) is 13.8 Å². The third-order valence-electron chi connectivity index (χ3n) is 3.96. The van der Waals surface area contributed by atoms with Crippen molar-refractivity contribution < 1.29 is 4.74 Å². The summed E-state index contributed by atoms with van der Waals surface area (Å²) in [5.41, 5.74) is 4.31. The molecule has 0 aromatic heterocycles. The lowest BCUT2D eigenvalue weighted by molar-refractivity contribution is 0.348. The smallest absolute Gasteiger partial charge is 0.0847 e. The summed E-state index contributed by atoms with van der Waals surface area (Å²) in [6.45, 7) is 8.89. The van der Waals surface area contributed by atoms with Crippen molar-refractivity contribution in [3.05, 3.63) is 34.9 Å². The third kappa shape index (κ3) is 2.90. The molecule has 17 heavy (non-hydrogen) atoms. The second-order valence-corrected chi connectivity index (χ2v) is 5.32. The maximum absolute atomic E-state index is 5.68. The van der Waals surface area contributed by atoms with Crippen LogP contribution in [0.15, 0.2) is 18.2 Å². The Labute approximate surface area is 105 Å². The Morgan fingerprint density at radius 2 is 1.94 bits per heavy atom. The van der Waals surface area contributed by atoms with Gasteiger partial charge in [0.05, 0.1) is 12.2 Å². The first kappa shape index (κ1) is 12.6. The average molecular weight is 232 g/mol. The van der Waals surface area contributed by atoms with Crippen LogP contribution in [0.2, 0.25) is 0 Å². The monoisotopic (exact) mass is 232 g/mol. The minimum Gasteiger partial charge on any atom is -0.370 e. The van der Waals surface area contributed by atoms with Crippen molar-refractivity contribution in [2.75, 3.05) is 0 Å². The summed E-state index contributed by atoms with van der Waals surface area (Å²) in [6.07, 6.45) is 4.62. The van der Waals surface area contributed by atoms with Crippen molar-refractivity contribution in [1.82, 2.24) is 0 Å². The summed E-state index contributed by atoms with van der Waals surface area (Å²) in [5.74, 6) is 0.664. The summed E-state index contributed by atoms with van der Waals surface area (Å²) >= 11 is 0. The lowest BCUT2D eigenvalue weighted by Gasteiger charge is -2.17. The van der Waals surface area contributed by atoms with Gasteiger partial charge in [-0.1, -0.05) is 37.6 Å². The van der Waals surface area contributed by atoms with E-state index >= 15 is 0 Å². The molecule has 1 nitrogen and oxygen atoms in total. The molecule has 0 radical (unpaired) electrons. The molecule has 1 heteroatoms. The molecule has 3 atom stereocenters. The highest BCUT2D eigenvalue weighted by Gasteiger charge is 2.38. The van der Waals surface area contributed by atoms with Crippen LogP contribution in [0.3, 0.4) is 0 Å². The number of hydrogen-bond acceptors (Lipinski definition) is 1. The molecule has 1 fully saturated rings. The van der Waals surface area contributed by atoms with Crippen molar-refractivity contribution in [1.29, 1.82) is 0 Å². The van der Waals surface area contributed by atoms with E-state index in [4.69, 9.17) is 4.74 Å². The summed E-state index contributed by atoms with van der Waals surface area (Å²) in [7, 11) is 0. The number of hydrogen-bond donors (Lipinski definition) is 0. The Balaban J connectivity index is 2.07. The predicted octanol–water partition coefficient (Wildman–Crippen LogP) is 4.36. The molecule has 2 rings (SSSR count). The Morgan fingerprint density at radius 3 is 2.47 bits per heavy atom. The highest BCUT2D eigenvalue weighted by molar-refractivity contribution is 5.33. The number of benzene rings is 1. The van der Waals surface area contributed by atoms with Crippen LogP contribution in [0.4, 0.5) is 0 Å². The van der Waals surface area contributed by atoms with Crippen molar-refractivity contribution in [2.24, 2.45) is 0 Å². The molecule has 1 aliphatic rings. The molecular weight excluding hydrogens is 208 g/mol. The second-order valence-electron chi connectivity index (χ2n) is 5.32. The zero-order valence-electron chi connectivity index (χ0n) is 11.5. The Bertz CT molecular complexity index is 383. The Kier molecular flexibility index (Phi) is 3.88. The van der Waals surface area contributed by atoms with Gasteiger partial charge in [0.2, 0.25) is 0 Å². The SMILES string of the molecule is CCC(CC1OC1CC)c1ccc(C)cc1C. The fourth-order valence-electron chi connectivity index (χ4n) is 2.82. The van der Waals surface area contributed by atoms with Gasteiger partial charge >= 0.3 is 0 Å². The standard InChI is InChI=1S/C16H24O/c1-5-13(10-16-15(6-2)17-16)14-8-7-11(3)9-12(14)4/h7-9,13,15-16H,5-6,10H2,1-4H3. The van der Waals surface area contributed by atoms with E-state index < -0.39 is 0 Å². The molecule has 0 amide bonds. The first-order valence-corrected chi connectivity index (χ1v) is 6.88. The predicted molar refractivity (Wildman–Crippen MR) is 72.5 cm³/mol. The van der Waals surface area contributed by atoms with E-state index in [1.807, 2.05) is 0 Å². The van der Waals surface area contributed by atoms with Crippen molar-refractivity contribution >= 4 is 0 Å². The fourth-order valence-corrected chi connectivity index (χ4v) is 2.82. The lowest BCUT2D eigenvalue weighted by atomic mass is 9.87. The van der Waals surface area contributed by atoms with Crippen molar-refractivity contribution in [3.8, 4) is 0 Å². The zero-order chi connectivity index (χ0) is 12.4. The lowest BCUT2D eigenvalue weighted by Crippen LogP contribution is -2.05. The molecule has 1 aromatic rings. The van der Waals surface area contributed by atoms with Gasteiger partial charge in [-0.25, -0.2) is 0 Å². The van der Waals surface area contributed by atoms with E-state index in [9.17, 15) is 0 Å². The van der Waals surface area contributed by atoms with Gasteiger partial charge in [-0.2, -0.15) is 0 Å². The minimum absolute atomic E-state index is 0.519. The molecule has 1 heterocycles. The van der Waals surface area contributed by atoms with Crippen molar-refractivity contribution in [3.63, 3.8) is 0 Å². The quantitative estimate of drug-likeness (QED) is 0.687. The normalized spacial score (nSPS) is 24.7. The number of ether oxygens (including phenoxy) is 1. The second kappa shape index (κ2) is 5.22. The van der Waals surface area contributed by atoms with Gasteiger partial charge in [0.1, 0.15) is 0 Å². The largest absolute Gasteiger partial charge is 0.370 e. The molecule has 1 aliphatic heterocycles. The minimum atomic E-state index is 0.519. The number of epoxide rings is 1. The van der Waals surface area contributed by atoms with E-state index in [0.29, 0.717) is 18.1 Å². The zero-order valence-corrected chi connectivity index (χ0v) is 11.5. The van der Waals surface area contributed by atoms with Crippen LogP contribution >= 0.6 is 0 Å². The first-order valence-electron chi connectivity index (χ1n) is 6.88. The maximum Gasteiger partial charge on any atom is 0.0847 e. The van der Waals surface area contributed by atoms with Gasteiger partial charge in [-0.3, -0.25) is 0 Å². The van der Waals surface area contributed by atoms with Crippen LogP contribution in [0.5, 0.6) is 0 Å². The van der Waals surface area contributed by atoms with Gasteiger partial charge < -0.3 is 4.74 Å². The van der Waals surface area contributed by atoms with Crippen LogP contribution < -0.4 is 0 Å². The molecule has 0 N–H and O–H groups in total. The van der Waals surface area contributed by atoms with Gasteiger partial charge in [-0.15, -0.1) is 0 Å². The van der Waals surface area contributed by atoms with Gasteiger partial charge in [0, 0.05) is 0 Å². The topological polar surface area (TPSA) is 12.5 Å². The molecule has 0 saturated carbocycles. The van der Waals surface area contributed by atoms with Gasteiger partial charge in [0.25, 0.3) is 0 Å². The van der Waals surface area contributed by atoms with Crippen molar-refractivity contribution in [2.45, 2.75) is 65.1 Å². The van der Waals surface area contributed by atoms with E-state index in [0.717, 1.165) is 6.42 Å². The highest BCUT2D eigenvalue weighted by Crippen LogP contribution is 2.37. The fraction of sp³-hybridized carbons (Fsp3) is 0.625. The van der Waals surface area contributed by atoms with Gasteiger partial charge in [-0.05, 0) is 50.2 Å². The first-order chi connectivity index (χ1) is 8.15. The Hall–Kier alpha value is -0.820. The van der Waals surface area contributed by atoms with Crippen LogP contribution in [0.1, 0.15) is 55.7 Å². The number of rotatable bonds is 5. The van der Waals surface area contributed by atoms with E-state index in [1.54, 1.807) is 0 Å². The summed E-state index contributed by atoms with van der Waals surface area (Å²) in [5, 5.41) is 0. The third-order valence-corrected chi connectivity index (χ3v) is 3.96. The molecule has 1 saturated heterocycles. The molecular formula is C16H24O. The van der Waals surface area contributed by atoms with Gasteiger partial charge in [0.15, 0.2) is 0 Å². The van der Waals surface area contributed by atoms with E-state index in [-0.39, 0.29) is 0 Å². The van der Waals surface area contributed by atoms with E-state index in [1.165, 1.54) is 29.5 Å². The molecule has 3 unspecified atom stereocenters. The molecule has 1 aromatic carbocycles. The molecule has 94 valence electrons. The van der Waals surface area contributed by atoms with Crippen LogP contribution in [0.25, 0.3) is 0 Å². The average Bonchev–Trinajstić information content (AvgIpc) is 3.05. The molecule has 0 aliphatic carbocycles. The number of aryl methyl sites for hydroxylation is 2.